The van der Waals surface area contributed by atoms with Crippen LogP contribution in [-0.4, -0.2) is 19.6 Å². The zero-order valence-corrected chi connectivity index (χ0v) is 16.2. The van der Waals surface area contributed by atoms with Gasteiger partial charge in [-0.25, -0.2) is 13.6 Å². The molecule has 2 atom stereocenters. The first kappa shape index (κ1) is 19.8. The number of nitrogens with two attached hydrogens (primary N) is 1. The van der Waals surface area contributed by atoms with Crippen LogP contribution in [0, 0.1) is 0 Å². The van der Waals surface area contributed by atoms with Crippen LogP contribution >= 0.6 is 23.4 Å². The Morgan fingerprint density at radius 1 is 1.12 bits per heavy atom. The number of rotatable bonds is 6. The molecule has 0 aromatic heterocycles. The monoisotopic (exact) mass is 398 g/mol. The van der Waals surface area contributed by atoms with Gasteiger partial charge in [-0.1, -0.05) is 35.9 Å². The first-order valence-corrected chi connectivity index (χ1v) is 10.3. The molecule has 0 spiro atoms. The summed E-state index contributed by atoms with van der Waals surface area (Å²) in [4.78, 5) is 13.3. The summed E-state index contributed by atoms with van der Waals surface area (Å²) in [7, 11) is -3.72. The topological polar surface area (TPSA) is 89.3 Å². The van der Waals surface area contributed by atoms with Crippen molar-refractivity contribution in [3.8, 4) is 0 Å². The third-order valence-corrected chi connectivity index (χ3v) is 6.13. The number of hydrogen-bond donors (Lipinski definition) is 2. The number of sulfonamides is 1. The van der Waals surface area contributed by atoms with E-state index in [1.54, 1.807) is 25.1 Å². The quantitative estimate of drug-likeness (QED) is 0.730. The molecule has 2 aromatic rings. The van der Waals surface area contributed by atoms with Gasteiger partial charge >= 0.3 is 0 Å². The van der Waals surface area contributed by atoms with Crippen molar-refractivity contribution in [3.63, 3.8) is 0 Å². The van der Waals surface area contributed by atoms with Crippen LogP contribution in [0.2, 0.25) is 5.02 Å². The van der Waals surface area contributed by atoms with Crippen LogP contribution in [0.1, 0.15) is 25.5 Å². The standard InChI is InChI=1S/C17H19ClN2O3S2/c1-11(13-7-9-14(10-8-13)25(19,22)23)20-17(21)12(2)24-16-6-4-3-5-15(16)18/h3-12H,1-2H3,(H,20,21)(H2,19,22,23). The van der Waals surface area contributed by atoms with Crippen molar-refractivity contribution in [3.05, 3.63) is 59.1 Å². The van der Waals surface area contributed by atoms with E-state index in [1.165, 1.54) is 23.9 Å². The maximum Gasteiger partial charge on any atom is 0.238 e. The fourth-order valence-corrected chi connectivity index (χ4v) is 3.82. The molecule has 25 heavy (non-hydrogen) atoms. The van der Waals surface area contributed by atoms with E-state index in [2.05, 4.69) is 5.32 Å². The Morgan fingerprint density at radius 2 is 1.72 bits per heavy atom. The Labute approximate surface area is 157 Å². The molecule has 0 saturated heterocycles. The molecule has 5 nitrogen and oxygen atoms in total. The zero-order valence-electron chi connectivity index (χ0n) is 13.8. The van der Waals surface area contributed by atoms with Gasteiger partial charge in [-0.15, -0.1) is 11.8 Å². The molecule has 3 N–H and O–H groups in total. The molecule has 2 rings (SSSR count). The van der Waals surface area contributed by atoms with Crippen molar-refractivity contribution in [1.29, 1.82) is 0 Å². The SMILES string of the molecule is CC(Sc1ccccc1Cl)C(=O)NC(C)c1ccc(S(N)(=O)=O)cc1. The second-order valence-corrected chi connectivity index (χ2v) is 8.89. The molecule has 8 heteroatoms. The van der Waals surface area contributed by atoms with Gasteiger partial charge in [0.05, 0.1) is 21.2 Å². The number of carbonyl (C=O) groups is 1. The van der Waals surface area contributed by atoms with Gasteiger partial charge in [0.2, 0.25) is 15.9 Å². The lowest BCUT2D eigenvalue weighted by Gasteiger charge is -2.18. The number of carbonyl (C=O) groups excluding carboxylic acids is 1. The lowest BCUT2D eigenvalue weighted by atomic mass is 10.1. The zero-order chi connectivity index (χ0) is 18.6. The molecule has 0 bridgehead atoms. The fourth-order valence-electron chi connectivity index (χ4n) is 2.14. The minimum absolute atomic E-state index is 0.0393. The number of primary sulfonamides is 1. The summed E-state index contributed by atoms with van der Waals surface area (Å²) in [5.74, 6) is -0.132. The normalized spacial score (nSPS) is 13.9. The van der Waals surface area contributed by atoms with E-state index >= 15 is 0 Å². The highest BCUT2D eigenvalue weighted by atomic mass is 35.5. The summed E-state index contributed by atoms with van der Waals surface area (Å²) < 4.78 is 22.6. The summed E-state index contributed by atoms with van der Waals surface area (Å²) in [5.41, 5.74) is 0.788. The van der Waals surface area contributed by atoms with Crippen LogP contribution in [-0.2, 0) is 14.8 Å². The number of benzene rings is 2. The Bertz CT molecular complexity index is 854. The Balaban J connectivity index is 2.00. The van der Waals surface area contributed by atoms with Gasteiger partial charge in [0.1, 0.15) is 0 Å². The van der Waals surface area contributed by atoms with Crippen LogP contribution in [0.3, 0.4) is 0 Å². The first-order valence-electron chi connectivity index (χ1n) is 7.53. The summed E-state index contributed by atoms with van der Waals surface area (Å²) >= 11 is 7.50. The summed E-state index contributed by atoms with van der Waals surface area (Å²) in [6.45, 7) is 3.64. The maximum absolute atomic E-state index is 12.4. The Morgan fingerprint density at radius 3 is 2.28 bits per heavy atom. The number of amides is 1. The molecule has 0 saturated carbocycles. The largest absolute Gasteiger partial charge is 0.349 e. The average molecular weight is 399 g/mol. The van der Waals surface area contributed by atoms with Crippen LogP contribution in [0.5, 0.6) is 0 Å². The third kappa shape index (κ3) is 5.47. The minimum atomic E-state index is -3.72. The number of thioether (sulfide) groups is 1. The highest BCUT2D eigenvalue weighted by Crippen LogP contribution is 2.30. The van der Waals surface area contributed by atoms with Gasteiger partial charge in [-0.05, 0) is 43.7 Å². The number of nitrogens with one attached hydrogen (secondary N) is 1. The molecule has 134 valence electrons. The smallest absolute Gasteiger partial charge is 0.238 e. The molecular formula is C17H19ClN2O3S2. The highest BCUT2D eigenvalue weighted by molar-refractivity contribution is 8.00. The predicted octanol–water partition coefficient (Wildman–Crippen LogP) is 3.35. The number of hydrogen-bond acceptors (Lipinski definition) is 4. The van der Waals surface area contributed by atoms with Gasteiger partial charge in [-0.3, -0.25) is 4.79 Å². The molecule has 0 radical (unpaired) electrons. The van der Waals surface area contributed by atoms with E-state index in [4.69, 9.17) is 16.7 Å². The molecule has 2 aromatic carbocycles. The van der Waals surface area contributed by atoms with Crippen molar-refractivity contribution in [1.82, 2.24) is 5.32 Å². The molecule has 2 unspecified atom stereocenters. The van der Waals surface area contributed by atoms with Crippen molar-refractivity contribution in [2.24, 2.45) is 5.14 Å². The van der Waals surface area contributed by atoms with E-state index in [0.717, 1.165) is 10.5 Å². The Kier molecular flexibility index (Phi) is 6.51. The fraction of sp³-hybridized carbons (Fsp3) is 0.235. The van der Waals surface area contributed by atoms with Crippen molar-refractivity contribution in [2.45, 2.75) is 34.9 Å². The highest BCUT2D eigenvalue weighted by Gasteiger charge is 2.18. The molecule has 0 fully saturated rings. The second-order valence-electron chi connectivity index (χ2n) is 5.53. The van der Waals surface area contributed by atoms with Crippen LogP contribution in [0.25, 0.3) is 0 Å². The Hall–Kier alpha value is -1.54. The third-order valence-electron chi connectivity index (χ3n) is 3.58. The second kappa shape index (κ2) is 8.23. The van der Waals surface area contributed by atoms with E-state index in [-0.39, 0.29) is 22.1 Å². The minimum Gasteiger partial charge on any atom is -0.349 e. The average Bonchev–Trinajstić information content (AvgIpc) is 2.56. The van der Waals surface area contributed by atoms with Gasteiger partial charge < -0.3 is 5.32 Å². The predicted molar refractivity (Wildman–Crippen MR) is 101 cm³/mol. The molecule has 0 aliphatic carbocycles. The molecule has 0 aliphatic heterocycles. The summed E-state index contributed by atoms with van der Waals surface area (Å²) in [5, 5.41) is 8.27. The maximum atomic E-state index is 12.4. The van der Waals surface area contributed by atoms with E-state index in [9.17, 15) is 13.2 Å². The lowest BCUT2D eigenvalue weighted by Crippen LogP contribution is -2.33. The van der Waals surface area contributed by atoms with Crippen LogP contribution in [0.4, 0.5) is 0 Å². The van der Waals surface area contributed by atoms with Crippen LogP contribution in [0.15, 0.2) is 58.3 Å². The number of halogens is 1. The van der Waals surface area contributed by atoms with E-state index in [0.29, 0.717) is 5.02 Å². The molecule has 0 aliphatic rings. The van der Waals surface area contributed by atoms with Gasteiger partial charge in [0.25, 0.3) is 0 Å². The van der Waals surface area contributed by atoms with E-state index in [1.807, 2.05) is 25.1 Å². The van der Waals surface area contributed by atoms with Crippen molar-refractivity contribution in [2.75, 3.05) is 0 Å². The van der Waals surface area contributed by atoms with Crippen molar-refractivity contribution < 1.29 is 13.2 Å². The van der Waals surface area contributed by atoms with Crippen molar-refractivity contribution >= 4 is 39.3 Å². The van der Waals surface area contributed by atoms with Crippen LogP contribution < -0.4 is 10.5 Å². The van der Waals surface area contributed by atoms with E-state index < -0.39 is 10.0 Å². The molecule has 1 amide bonds. The first-order chi connectivity index (χ1) is 11.7. The summed E-state index contributed by atoms with van der Waals surface area (Å²) in [6.07, 6.45) is 0. The summed E-state index contributed by atoms with van der Waals surface area (Å²) in [6, 6.07) is 13.2. The molecule has 0 heterocycles. The van der Waals surface area contributed by atoms with Gasteiger partial charge in [-0.2, -0.15) is 0 Å². The molecular weight excluding hydrogens is 380 g/mol. The van der Waals surface area contributed by atoms with Gasteiger partial charge in [0.15, 0.2) is 0 Å². The van der Waals surface area contributed by atoms with Gasteiger partial charge in [0, 0.05) is 4.90 Å². The lowest BCUT2D eigenvalue weighted by molar-refractivity contribution is -0.120.